The number of hydrogen-bond acceptors (Lipinski definition) is 6. The van der Waals surface area contributed by atoms with Crippen molar-refractivity contribution in [2.24, 2.45) is 0 Å². The first-order valence-corrected chi connectivity index (χ1v) is 9.86. The fourth-order valence-corrected chi connectivity index (χ4v) is 3.52. The van der Waals surface area contributed by atoms with E-state index < -0.39 is 0 Å². The van der Waals surface area contributed by atoms with E-state index in [9.17, 15) is 4.79 Å². The number of benzene rings is 2. The highest BCUT2D eigenvalue weighted by Crippen LogP contribution is 2.32. The largest absolute Gasteiger partial charge is 0.454 e. The van der Waals surface area contributed by atoms with Crippen LogP contribution in [0.2, 0.25) is 5.02 Å². The van der Waals surface area contributed by atoms with Crippen LogP contribution in [0.5, 0.6) is 11.5 Å². The summed E-state index contributed by atoms with van der Waals surface area (Å²) < 4.78 is 12.3. The van der Waals surface area contributed by atoms with Crippen LogP contribution < -0.4 is 14.8 Å². The van der Waals surface area contributed by atoms with Gasteiger partial charge in [0.05, 0.1) is 10.7 Å². The number of halogens is 1. The second-order valence-corrected chi connectivity index (χ2v) is 7.17. The summed E-state index contributed by atoms with van der Waals surface area (Å²) in [6.45, 7) is 0.492. The van der Waals surface area contributed by atoms with Crippen molar-refractivity contribution in [3.8, 4) is 28.4 Å². The molecule has 4 aromatic rings. The van der Waals surface area contributed by atoms with Crippen LogP contribution in [-0.4, -0.2) is 32.7 Å². The molecule has 1 aliphatic heterocycles. The van der Waals surface area contributed by atoms with Gasteiger partial charge in [-0.15, -0.1) is 5.10 Å². The molecule has 31 heavy (non-hydrogen) atoms. The molecule has 2 aromatic carbocycles. The minimum Gasteiger partial charge on any atom is -0.454 e. The maximum absolute atomic E-state index is 13.0. The lowest BCUT2D eigenvalue weighted by Crippen LogP contribution is -2.24. The maximum atomic E-state index is 13.0. The van der Waals surface area contributed by atoms with Crippen molar-refractivity contribution in [3.05, 3.63) is 83.3 Å². The fraction of sp³-hybridized carbons (Fsp3) is 0.0909. The molecule has 154 valence electrons. The highest BCUT2D eigenvalue weighted by molar-refractivity contribution is 6.32. The number of hydrogen-bond donors (Lipinski definition) is 1. The standard InChI is InChI=1S/C22H16ClN5O3/c23-16-5-1-2-6-17(16)28-21(15-4-3-9-24-12-15)20(26-27-28)22(29)25-11-14-7-8-18-19(10-14)31-13-30-18/h1-10,12H,11,13H2,(H,25,29). The zero-order valence-electron chi connectivity index (χ0n) is 16.2. The Bertz CT molecular complexity index is 1260. The Hall–Kier alpha value is -3.91. The predicted octanol–water partition coefficient (Wildman–Crippen LogP) is 3.64. The normalized spacial score (nSPS) is 12.0. The zero-order valence-corrected chi connectivity index (χ0v) is 16.9. The number of carbonyl (C=O) groups is 1. The molecule has 1 amide bonds. The van der Waals surface area contributed by atoms with Crippen molar-refractivity contribution in [1.82, 2.24) is 25.3 Å². The molecule has 0 saturated heterocycles. The van der Waals surface area contributed by atoms with Crippen molar-refractivity contribution in [3.63, 3.8) is 0 Å². The van der Waals surface area contributed by atoms with Crippen LogP contribution in [0, 0.1) is 0 Å². The van der Waals surface area contributed by atoms with Crippen LogP contribution >= 0.6 is 11.6 Å². The molecule has 0 bridgehead atoms. The smallest absolute Gasteiger partial charge is 0.274 e. The minimum atomic E-state index is -0.366. The number of fused-ring (bicyclic) bond motifs is 1. The van der Waals surface area contributed by atoms with Gasteiger partial charge in [0.15, 0.2) is 17.2 Å². The summed E-state index contributed by atoms with van der Waals surface area (Å²) >= 11 is 6.37. The number of carbonyl (C=O) groups excluding carboxylic acids is 1. The Balaban J connectivity index is 1.47. The Kier molecular flexibility index (Phi) is 4.97. The van der Waals surface area contributed by atoms with Gasteiger partial charge in [0.1, 0.15) is 5.69 Å². The molecule has 2 aromatic heterocycles. The Morgan fingerprint density at radius 3 is 2.81 bits per heavy atom. The monoisotopic (exact) mass is 433 g/mol. The molecule has 8 nitrogen and oxygen atoms in total. The second kappa shape index (κ2) is 8.08. The van der Waals surface area contributed by atoms with Crippen molar-refractivity contribution in [2.75, 3.05) is 6.79 Å². The fourth-order valence-electron chi connectivity index (χ4n) is 3.31. The first kappa shape index (κ1) is 19.1. The summed E-state index contributed by atoms with van der Waals surface area (Å²) in [7, 11) is 0. The molecule has 0 radical (unpaired) electrons. The van der Waals surface area contributed by atoms with Gasteiger partial charge in [0.2, 0.25) is 6.79 Å². The van der Waals surface area contributed by atoms with E-state index in [2.05, 4.69) is 20.6 Å². The van der Waals surface area contributed by atoms with Crippen molar-refractivity contribution >= 4 is 17.5 Å². The number of para-hydroxylation sites is 1. The van der Waals surface area contributed by atoms with Gasteiger partial charge < -0.3 is 14.8 Å². The number of pyridine rings is 1. The third-order valence-corrected chi connectivity index (χ3v) is 5.11. The SMILES string of the molecule is O=C(NCc1ccc2c(c1)OCO2)c1nnn(-c2ccccc2Cl)c1-c1cccnc1. The number of nitrogens with one attached hydrogen (secondary N) is 1. The van der Waals surface area contributed by atoms with Crippen molar-refractivity contribution < 1.29 is 14.3 Å². The summed E-state index contributed by atoms with van der Waals surface area (Å²) in [4.78, 5) is 17.2. The quantitative estimate of drug-likeness (QED) is 0.516. The van der Waals surface area contributed by atoms with E-state index in [-0.39, 0.29) is 18.4 Å². The third kappa shape index (κ3) is 3.69. The highest BCUT2D eigenvalue weighted by Gasteiger charge is 2.23. The van der Waals surface area contributed by atoms with Gasteiger partial charge in [-0.1, -0.05) is 35.0 Å². The third-order valence-electron chi connectivity index (χ3n) is 4.79. The predicted molar refractivity (Wildman–Crippen MR) is 113 cm³/mol. The van der Waals surface area contributed by atoms with E-state index in [1.165, 1.54) is 0 Å². The van der Waals surface area contributed by atoms with Crippen LogP contribution in [-0.2, 0) is 6.54 Å². The topological polar surface area (TPSA) is 91.2 Å². The van der Waals surface area contributed by atoms with Gasteiger partial charge in [0.25, 0.3) is 5.91 Å². The molecule has 0 spiro atoms. The minimum absolute atomic E-state index is 0.175. The van der Waals surface area contributed by atoms with E-state index in [4.69, 9.17) is 21.1 Å². The summed E-state index contributed by atoms with van der Waals surface area (Å²) in [6.07, 6.45) is 3.31. The van der Waals surface area contributed by atoms with Crippen LogP contribution in [0.3, 0.4) is 0 Å². The van der Waals surface area contributed by atoms with Crippen LogP contribution in [0.1, 0.15) is 16.1 Å². The molecule has 1 aliphatic rings. The lowest BCUT2D eigenvalue weighted by molar-refractivity contribution is 0.0946. The highest BCUT2D eigenvalue weighted by atomic mass is 35.5. The van der Waals surface area contributed by atoms with Gasteiger partial charge in [-0.3, -0.25) is 9.78 Å². The van der Waals surface area contributed by atoms with E-state index >= 15 is 0 Å². The molecule has 0 aliphatic carbocycles. The van der Waals surface area contributed by atoms with Gasteiger partial charge in [-0.25, -0.2) is 4.68 Å². The first-order chi connectivity index (χ1) is 15.2. The number of nitrogens with zero attached hydrogens (tertiary/aromatic N) is 4. The first-order valence-electron chi connectivity index (χ1n) is 9.48. The van der Waals surface area contributed by atoms with E-state index in [1.54, 1.807) is 29.2 Å². The van der Waals surface area contributed by atoms with Gasteiger partial charge in [-0.05, 0) is 42.0 Å². The average molecular weight is 434 g/mol. The summed E-state index contributed by atoms with van der Waals surface area (Å²) in [5.74, 6) is 0.985. The Morgan fingerprint density at radius 2 is 1.97 bits per heavy atom. The van der Waals surface area contributed by atoms with Gasteiger partial charge in [-0.2, -0.15) is 0 Å². The number of aromatic nitrogens is 4. The van der Waals surface area contributed by atoms with Crippen molar-refractivity contribution in [2.45, 2.75) is 6.54 Å². The molecule has 1 N–H and O–H groups in total. The molecule has 5 rings (SSSR count). The Labute approximate surface area is 182 Å². The second-order valence-electron chi connectivity index (χ2n) is 6.76. The van der Waals surface area contributed by atoms with Crippen molar-refractivity contribution in [1.29, 1.82) is 0 Å². The number of amides is 1. The molecule has 0 fully saturated rings. The molecular weight excluding hydrogens is 418 g/mol. The average Bonchev–Trinajstić information content (AvgIpc) is 3.45. The number of rotatable bonds is 5. The van der Waals surface area contributed by atoms with Gasteiger partial charge in [0, 0.05) is 24.5 Å². The van der Waals surface area contributed by atoms with Gasteiger partial charge >= 0.3 is 0 Å². The summed E-state index contributed by atoms with van der Waals surface area (Å²) in [5.41, 5.74) is 2.86. The molecule has 0 saturated carbocycles. The van der Waals surface area contributed by atoms with E-state index in [0.29, 0.717) is 40.0 Å². The number of ether oxygens (including phenoxy) is 2. The molecule has 9 heteroatoms. The maximum Gasteiger partial charge on any atom is 0.274 e. The Morgan fingerprint density at radius 1 is 1.10 bits per heavy atom. The molecular formula is C22H16ClN5O3. The van der Waals surface area contributed by atoms with E-state index in [1.807, 2.05) is 42.5 Å². The molecule has 0 unspecified atom stereocenters. The van der Waals surface area contributed by atoms with Crippen LogP contribution in [0.25, 0.3) is 16.9 Å². The van der Waals surface area contributed by atoms with Crippen LogP contribution in [0.15, 0.2) is 67.0 Å². The lowest BCUT2D eigenvalue weighted by Gasteiger charge is -2.10. The zero-order chi connectivity index (χ0) is 21.2. The lowest BCUT2D eigenvalue weighted by atomic mass is 10.1. The summed E-state index contributed by atoms with van der Waals surface area (Å²) in [5, 5.41) is 11.7. The van der Waals surface area contributed by atoms with Crippen LogP contribution in [0.4, 0.5) is 0 Å². The summed E-state index contributed by atoms with van der Waals surface area (Å²) in [6, 6.07) is 16.4. The van der Waals surface area contributed by atoms with E-state index in [0.717, 1.165) is 5.56 Å². The molecule has 0 atom stereocenters. The molecule has 3 heterocycles.